The van der Waals surface area contributed by atoms with Crippen molar-refractivity contribution in [3.05, 3.63) is 29.8 Å². The van der Waals surface area contributed by atoms with Gasteiger partial charge in [-0.3, -0.25) is 0 Å². The first-order valence-electron chi connectivity index (χ1n) is 5.11. The highest BCUT2D eigenvalue weighted by Gasteiger charge is 2.04. The Morgan fingerprint density at radius 3 is 2.87 bits per heavy atom. The molecule has 0 radical (unpaired) electrons. The predicted molar refractivity (Wildman–Crippen MR) is 67.2 cm³/mol. The lowest BCUT2D eigenvalue weighted by molar-refractivity contribution is 0.912. The van der Waals surface area contributed by atoms with E-state index in [0.717, 1.165) is 17.2 Å². The molecule has 1 atom stereocenters. The lowest BCUT2D eigenvalue weighted by atomic mass is 10.2. The maximum atomic E-state index is 8.91. The minimum atomic E-state index is 0.393. The van der Waals surface area contributed by atoms with E-state index in [1.54, 1.807) is 0 Å². The number of para-hydroxylation sites is 1. The van der Waals surface area contributed by atoms with Crippen LogP contribution >= 0.6 is 11.8 Å². The second-order valence-electron chi connectivity index (χ2n) is 3.36. The molecule has 0 amide bonds. The molecule has 0 spiro atoms. The molecule has 1 aromatic rings. The number of thioether (sulfide) groups is 1. The smallest absolute Gasteiger partial charge is 0.101 e. The summed E-state index contributed by atoms with van der Waals surface area (Å²) < 4.78 is 0. The fraction of sp³-hybridized carbons (Fsp3) is 0.417. The van der Waals surface area contributed by atoms with Gasteiger partial charge in [0.15, 0.2) is 0 Å². The third-order valence-corrected chi connectivity index (χ3v) is 3.17. The van der Waals surface area contributed by atoms with Crippen molar-refractivity contribution in [1.82, 2.24) is 0 Å². The Bertz CT molecular complexity index is 344. The average Bonchev–Trinajstić information content (AvgIpc) is 2.27. The summed E-state index contributed by atoms with van der Waals surface area (Å²) in [7, 11) is 0. The Kier molecular flexibility index (Phi) is 5.06. The second-order valence-corrected chi connectivity index (χ2v) is 4.68. The van der Waals surface area contributed by atoms with Crippen molar-refractivity contribution < 1.29 is 0 Å². The van der Waals surface area contributed by atoms with Crippen LogP contribution in [0.2, 0.25) is 0 Å². The van der Waals surface area contributed by atoms with Gasteiger partial charge in [0.1, 0.15) is 6.07 Å². The number of anilines is 1. The van der Waals surface area contributed by atoms with E-state index >= 15 is 0 Å². The molecule has 1 N–H and O–H groups in total. The molecule has 0 bridgehead atoms. The molecule has 0 fully saturated rings. The molecule has 3 heteroatoms. The van der Waals surface area contributed by atoms with Gasteiger partial charge in [-0.2, -0.15) is 17.0 Å². The predicted octanol–water partition coefficient (Wildman–Crippen LogP) is 3.11. The summed E-state index contributed by atoms with van der Waals surface area (Å²) in [6, 6.07) is 10.2. The number of nitrogens with one attached hydrogen (secondary N) is 1. The number of rotatable bonds is 5. The van der Waals surface area contributed by atoms with Crippen LogP contribution in [0.5, 0.6) is 0 Å². The molecule has 0 aromatic heterocycles. The normalized spacial score (nSPS) is 11.8. The van der Waals surface area contributed by atoms with Gasteiger partial charge in [-0.1, -0.05) is 19.1 Å². The maximum Gasteiger partial charge on any atom is 0.101 e. The van der Waals surface area contributed by atoms with Crippen LogP contribution in [0.4, 0.5) is 5.69 Å². The first-order valence-corrected chi connectivity index (χ1v) is 6.26. The van der Waals surface area contributed by atoms with Crippen molar-refractivity contribution in [3.63, 3.8) is 0 Å². The van der Waals surface area contributed by atoms with Gasteiger partial charge >= 0.3 is 0 Å². The highest BCUT2D eigenvalue weighted by atomic mass is 32.2. The summed E-state index contributed by atoms with van der Waals surface area (Å²) in [5, 5.41) is 12.3. The SMILES string of the molecule is CCSCC(C)Nc1ccccc1C#N. The van der Waals surface area contributed by atoms with Gasteiger partial charge < -0.3 is 5.32 Å². The molecule has 1 rings (SSSR count). The average molecular weight is 220 g/mol. The van der Waals surface area contributed by atoms with Crippen LogP contribution in [0.25, 0.3) is 0 Å². The molecule has 2 nitrogen and oxygen atoms in total. The van der Waals surface area contributed by atoms with Crippen LogP contribution in [-0.4, -0.2) is 17.5 Å². The number of hydrogen-bond donors (Lipinski definition) is 1. The monoisotopic (exact) mass is 220 g/mol. The van der Waals surface area contributed by atoms with Gasteiger partial charge in [0.2, 0.25) is 0 Å². The summed E-state index contributed by atoms with van der Waals surface area (Å²) >= 11 is 1.90. The van der Waals surface area contributed by atoms with Crippen molar-refractivity contribution in [2.24, 2.45) is 0 Å². The fourth-order valence-electron chi connectivity index (χ4n) is 1.31. The van der Waals surface area contributed by atoms with Crippen molar-refractivity contribution >= 4 is 17.4 Å². The summed E-state index contributed by atoms with van der Waals surface area (Å²) in [4.78, 5) is 0. The van der Waals surface area contributed by atoms with E-state index in [9.17, 15) is 0 Å². The first kappa shape index (κ1) is 11.9. The lowest BCUT2D eigenvalue weighted by Crippen LogP contribution is -2.18. The van der Waals surface area contributed by atoms with E-state index in [1.165, 1.54) is 0 Å². The topological polar surface area (TPSA) is 35.8 Å². The largest absolute Gasteiger partial charge is 0.381 e. The molecule has 80 valence electrons. The van der Waals surface area contributed by atoms with Gasteiger partial charge in [0, 0.05) is 11.8 Å². The third kappa shape index (κ3) is 3.85. The zero-order chi connectivity index (χ0) is 11.1. The van der Waals surface area contributed by atoms with Crippen LogP contribution in [-0.2, 0) is 0 Å². The number of nitriles is 1. The molecule has 0 saturated carbocycles. The highest BCUT2D eigenvalue weighted by molar-refractivity contribution is 7.99. The van der Waals surface area contributed by atoms with Crippen LogP contribution in [0.3, 0.4) is 0 Å². The molecule has 0 aliphatic rings. The molecule has 0 aliphatic heterocycles. The standard InChI is InChI=1S/C12H16N2S/c1-3-15-9-10(2)14-12-7-5-4-6-11(12)8-13/h4-7,10,14H,3,9H2,1-2H3. The minimum Gasteiger partial charge on any atom is -0.381 e. The van der Waals surface area contributed by atoms with Crippen LogP contribution in [0.15, 0.2) is 24.3 Å². The molecule has 0 heterocycles. The fourth-order valence-corrected chi connectivity index (χ4v) is 1.98. The quantitative estimate of drug-likeness (QED) is 0.828. The van der Waals surface area contributed by atoms with Crippen LogP contribution in [0.1, 0.15) is 19.4 Å². The zero-order valence-electron chi connectivity index (χ0n) is 9.16. The Hall–Kier alpha value is -1.14. The van der Waals surface area contributed by atoms with Gasteiger partial charge in [0.05, 0.1) is 11.3 Å². The molecule has 1 aromatic carbocycles. The number of nitrogens with zero attached hydrogens (tertiary/aromatic N) is 1. The van der Waals surface area contributed by atoms with E-state index in [2.05, 4.69) is 25.2 Å². The van der Waals surface area contributed by atoms with Crippen molar-refractivity contribution in [3.8, 4) is 6.07 Å². The molecule has 1 unspecified atom stereocenters. The summed E-state index contributed by atoms with van der Waals surface area (Å²) in [6.07, 6.45) is 0. The van der Waals surface area contributed by atoms with Crippen molar-refractivity contribution in [2.45, 2.75) is 19.9 Å². The van der Waals surface area contributed by atoms with E-state index in [0.29, 0.717) is 11.6 Å². The summed E-state index contributed by atoms with van der Waals surface area (Å²) in [5.41, 5.74) is 1.65. The Morgan fingerprint density at radius 2 is 2.20 bits per heavy atom. The van der Waals surface area contributed by atoms with E-state index in [4.69, 9.17) is 5.26 Å². The van der Waals surface area contributed by atoms with E-state index < -0.39 is 0 Å². The molecule has 15 heavy (non-hydrogen) atoms. The Morgan fingerprint density at radius 1 is 1.47 bits per heavy atom. The van der Waals surface area contributed by atoms with Crippen molar-refractivity contribution in [1.29, 1.82) is 5.26 Å². The Labute approximate surface area is 95.7 Å². The summed E-state index contributed by atoms with van der Waals surface area (Å²) in [6.45, 7) is 4.29. The van der Waals surface area contributed by atoms with Gasteiger partial charge in [-0.05, 0) is 24.8 Å². The summed E-state index contributed by atoms with van der Waals surface area (Å²) in [5.74, 6) is 2.20. The Balaban J connectivity index is 2.60. The molecule has 0 saturated heterocycles. The minimum absolute atomic E-state index is 0.393. The van der Waals surface area contributed by atoms with Crippen LogP contribution < -0.4 is 5.32 Å². The molecule has 0 aliphatic carbocycles. The first-order chi connectivity index (χ1) is 7.27. The maximum absolute atomic E-state index is 8.91. The van der Waals surface area contributed by atoms with Gasteiger partial charge in [-0.15, -0.1) is 0 Å². The van der Waals surface area contributed by atoms with Crippen LogP contribution in [0, 0.1) is 11.3 Å². The molecular formula is C12H16N2S. The van der Waals surface area contributed by atoms with E-state index in [-0.39, 0.29) is 0 Å². The number of benzene rings is 1. The van der Waals surface area contributed by atoms with E-state index in [1.807, 2.05) is 36.0 Å². The second kappa shape index (κ2) is 6.36. The molecular weight excluding hydrogens is 204 g/mol. The zero-order valence-corrected chi connectivity index (χ0v) is 9.97. The number of hydrogen-bond acceptors (Lipinski definition) is 3. The highest BCUT2D eigenvalue weighted by Crippen LogP contribution is 2.15. The van der Waals surface area contributed by atoms with Crippen molar-refractivity contribution in [2.75, 3.05) is 16.8 Å². The van der Waals surface area contributed by atoms with Gasteiger partial charge in [0.25, 0.3) is 0 Å². The third-order valence-electron chi connectivity index (χ3n) is 2.02. The lowest BCUT2D eigenvalue weighted by Gasteiger charge is -2.15. The van der Waals surface area contributed by atoms with Gasteiger partial charge in [-0.25, -0.2) is 0 Å².